The Kier molecular flexibility index (Phi) is 0.799. The molecule has 1 aromatic heterocycles. The van der Waals surface area contributed by atoms with E-state index >= 15 is 0 Å². The molecule has 0 amide bonds. The van der Waals surface area contributed by atoms with Gasteiger partial charge in [0, 0.05) is 6.04 Å². The van der Waals surface area contributed by atoms with Crippen LogP contribution in [0, 0.1) is 6.92 Å². The van der Waals surface area contributed by atoms with Crippen molar-refractivity contribution in [3.63, 3.8) is 0 Å². The highest BCUT2D eigenvalue weighted by Gasteiger charge is 2.03. The minimum Gasteiger partial charge on any atom is -0.493 e. The predicted octanol–water partition coefficient (Wildman–Crippen LogP) is 1.89. The Balaban J connectivity index is 2.87. The van der Waals surface area contributed by atoms with Crippen LogP contribution in [-0.2, 0) is 0 Å². The lowest BCUT2D eigenvalue weighted by Gasteiger charge is -2.00. The van der Waals surface area contributed by atoms with E-state index in [9.17, 15) is 5.11 Å². The number of hydrogen-bond donors (Lipinski definition) is 1. The monoisotopic (exact) mass is 180 g/mol. The number of rotatable bonds is 1. The fourth-order valence-corrected chi connectivity index (χ4v) is 0.942. The van der Waals surface area contributed by atoms with Crippen LogP contribution in [0.4, 0.5) is 0 Å². The van der Waals surface area contributed by atoms with Gasteiger partial charge in [0.2, 0.25) is 5.88 Å². The van der Waals surface area contributed by atoms with Gasteiger partial charge in [-0.15, -0.1) is 0 Å². The van der Waals surface area contributed by atoms with Crippen LogP contribution < -0.4 is 0 Å². The molecule has 1 heterocycles. The average molecular weight is 180 g/mol. The first kappa shape index (κ1) is 3.54. The van der Waals surface area contributed by atoms with Gasteiger partial charge in [0.1, 0.15) is 0 Å². The highest BCUT2D eigenvalue weighted by Crippen LogP contribution is 2.16. The van der Waals surface area contributed by atoms with E-state index in [1.54, 1.807) is 0 Å². The Morgan fingerprint density at radius 2 is 2.08 bits per heavy atom. The molecule has 0 radical (unpaired) electrons. The minimum absolute atomic E-state index is 0.198. The molecule has 0 spiro atoms. The van der Waals surface area contributed by atoms with Crippen molar-refractivity contribution in [3.8, 4) is 11.6 Å². The molecule has 0 aliphatic heterocycles. The molecule has 0 aliphatic rings. The molecule has 2 rings (SSSR count). The van der Waals surface area contributed by atoms with E-state index < -0.39 is 36.1 Å². The number of benzene rings is 1. The van der Waals surface area contributed by atoms with E-state index in [1.165, 1.54) is 6.92 Å². The van der Waals surface area contributed by atoms with Crippen LogP contribution in [0.5, 0.6) is 5.88 Å². The van der Waals surface area contributed by atoms with Gasteiger partial charge >= 0.3 is 0 Å². The second-order valence-corrected chi connectivity index (χ2v) is 2.42. The minimum atomic E-state index is -0.559. The highest BCUT2D eigenvalue weighted by atomic mass is 16.3. The third-order valence-corrected chi connectivity index (χ3v) is 1.44. The molecule has 1 aromatic carbocycles. The van der Waals surface area contributed by atoms with Crippen LogP contribution in [0.3, 0.4) is 0 Å². The normalized spacial score (nSPS) is 16.7. The second-order valence-electron chi connectivity index (χ2n) is 2.42. The standard InChI is InChI=1S/C10H10N2O/c1-8-7-10(13)12(11-8)9-5-3-2-4-6-9/h2-7,13H,1H3/i2D,3D,4D,5D,6D,7D. The molecular formula is C10H10N2O. The largest absolute Gasteiger partial charge is 0.493 e. The third kappa shape index (κ3) is 1.40. The third-order valence-electron chi connectivity index (χ3n) is 1.44. The predicted molar refractivity (Wildman–Crippen MR) is 50.0 cm³/mol. The zero-order valence-corrected chi connectivity index (χ0v) is 6.84. The molecule has 2 aromatic rings. The molecule has 3 heteroatoms. The molecule has 3 nitrogen and oxygen atoms in total. The first-order chi connectivity index (χ1) is 8.77. The summed E-state index contributed by atoms with van der Waals surface area (Å²) in [6.45, 7) is 1.48. The summed E-state index contributed by atoms with van der Waals surface area (Å²) in [5.74, 6) is -0.559. The van der Waals surface area contributed by atoms with Gasteiger partial charge in [0.15, 0.2) is 0 Å². The summed E-state index contributed by atoms with van der Waals surface area (Å²) in [5.41, 5.74) is -0.0746. The Bertz CT molecular complexity index is 652. The molecule has 13 heavy (non-hydrogen) atoms. The van der Waals surface area contributed by atoms with Crippen molar-refractivity contribution in [2.75, 3.05) is 0 Å². The SMILES string of the molecule is [2H]c1c([2H])c([2H])c(-n2nc(C)c([2H])c2O)c([2H])c1[2H]. The number of aromatic hydroxyl groups is 1. The summed E-state index contributed by atoms with van der Waals surface area (Å²) in [7, 11) is 0. The molecule has 0 aliphatic carbocycles. The van der Waals surface area contributed by atoms with E-state index in [0.717, 1.165) is 4.68 Å². The zero-order chi connectivity index (χ0) is 14.5. The molecular weight excluding hydrogens is 164 g/mol. The van der Waals surface area contributed by atoms with Crippen molar-refractivity contribution < 1.29 is 13.3 Å². The van der Waals surface area contributed by atoms with Crippen molar-refractivity contribution in [1.82, 2.24) is 9.78 Å². The quantitative estimate of drug-likeness (QED) is 0.727. The first-order valence-corrected chi connectivity index (χ1v) is 3.59. The summed E-state index contributed by atoms with van der Waals surface area (Å²) in [6, 6.07) is -2.77. The maximum Gasteiger partial charge on any atom is 0.214 e. The molecule has 0 atom stereocenters. The fraction of sp³-hybridized carbons (Fsp3) is 0.100. The molecule has 0 saturated heterocycles. The van der Waals surface area contributed by atoms with Gasteiger partial charge in [-0.3, -0.25) is 0 Å². The summed E-state index contributed by atoms with van der Waals surface area (Å²) in [5, 5.41) is 13.6. The van der Waals surface area contributed by atoms with Gasteiger partial charge in [0.05, 0.1) is 19.6 Å². The maximum absolute atomic E-state index is 9.75. The number of aromatic nitrogens is 2. The van der Waals surface area contributed by atoms with Gasteiger partial charge in [0.25, 0.3) is 0 Å². The van der Waals surface area contributed by atoms with Crippen LogP contribution >= 0.6 is 0 Å². The van der Waals surface area contributed by atoms with Crippen molar-refractivity contribution in [2.24, 2.45) is 0 Å². The van der Waals surface area contributed by atoms with Gasteiger partial charge in [-0.1, -0.05) is 18.1 Å². The topological polar surface area (TPSA) is 38.0 Å². The summed E-state index contributed by atoms with van der Waals surface area (Å²) in [4.78, 5) is 0. The lowest BCUT2D eigenvalue weighted by Crippen LogP contribution is -1.94. The van der Waals surface area contributed by atoms with Crippen molar-refractivity contribution in [1.29, 1.82) is 0 Å². The Hall–Kier alpha value is -1.77. The fourth-order valence-electron chi connectivity index (χ4n) is 0.942. The molecule has 0 unspecified atom stereocenters. The lowest BCUT2D eigenvalue weighted by molar-refractivity contribution is 0.433. The van der Waals surface area contributed by atoms with Crippen molar-refractivity contribution in [2.45, 2.75) is 6.92 Å². The number of para-hydroxylation sites is 1. The van der Waals surface area contributed by atoms with Gasteiger partial charge in [-0.2, -0.15) is 5.10 Å². The first-order valence-electron chi connectivity index (χ1n) is 6.59. The lowest BCUT2D eigenvalue weighted by atomic mass is 10.3. The highest BCUT2D eigenvalue weighted by molar-refractivity contribution is 5.34. The van der Waals surface area contributed by atoms with E-state index in [4.69, 9.17) is 8.22 Å². The molecule has 1 N–H and O–H groups in total. The number of nitrogens with zero attached hydrogens (tertiary/aromatic N) is 2. The van der Waals surface area contributed by atoms with E-state index in [1.807, 2.05) is 0 Å². The van der Waals surface area contributed by atoms with Crippen LogP contribution in [-0.4, -0.2) is 14.9 Å². The maximum atomic E-state index is 9.75. The molecule has 66 valence electrons. The van der Waals surface area contributed by atoms with E-state index in [0.29, 0.717) is 0 Å². The van der Waals surface area contributed by atoms with Crippen LogP contribution in [0.15, 0.2) is 36.3 Å². The Labute approximate surface area is 84.7 Å². The summed E-state index contributed by atoms with van der Waals surface area (Å²) in [6.07, 6.45) is 0. The van der Waals surface area contributed by atoms with E-state index in [-0.39, 0.29) is 17.4 Å². The van der Waals surface area contributed by atoms with Crippen molar-refractivity contribution >= 4 is 0 Å². The van der Waals surface area contributed by atoms with Crippen molar-refractivity contribution in [3.05, 3.63) is 41.9 Å². The summed E-state index contributed by atoms with van der Waals surface area (Å²) >= 11 is 0. The van der Waals surface area contributed by atoms with E-state index in [2.05, 4.69) is 5.10 Å². The molecule has 0 fully saturated rings. The summed E-state index contributed by atoms with van der Waals surface area (Å²) < 4.78 is 46.3. The van der Waals surface area contributed by atoms with Crippen LogP contribution in [0.2, 0.25) is 0 Å². The molecule has 0 saturated carbocycles. The van der Waals surface area contributed by atoms with Gasteiger partial charge in [-0.25, -0.2) is 4.68 Å². The second kappa shape index (κ2) is 2.94. The number of hydrogen-bond acceptors (Lipinski definition) is 2. The van der Waals surface area contributed by atoms with Crippen LogP contribution in [0.1, 0.15) is 13.9 Å². The van der Waals surface area contributed by atoms with Crippen LogP contribution in [0.25, 0.3) is 5.69 Å². The average Bonchev–Trinajstić information content (AvgIpc) is 2.62. The molecule has 0 bridgehead atoms. The van der Waals surface area contributed by atoms with Gasteiger partial charge in [-0.05, 0) is 19.0 Å². The van der Waals surface area contributed by atoms with Gasteiger partial charge < -0.3 is 5.11 Å². The zero-order valence-electron chi connectivity index (χ0n) is 12.8. The smallest absolute Gasteiger partial charge is 0.214 e. The Morgan fingerprint density at radius 3 is 2.62 bits per heavy atom. The Morgan fingerprint density at radius 1 is 1.38 bits per heavy atom. The number of aryl methyl sites for hydroxylation is 1.